The van der Waals surface area contributed by atoms with Crippen molar-refractivity contribution in [2.75, 3.05) is 5.88 Å². The predicted molar refractivity (Wildman–Crippen MR) is 76.5 cm³/mol. The van der Waals surface area contributed by atoms with Gasteiger partial charge < -0.3 is 14.9 Å². The number of nitrogens with zero attached hydrogens (tertiary/aromatic N) is 1. The highest BCUT2D eigenvalue weighted by Gasteiger charge is 2.31. The number of nitrogens with two attached hydrogens (primary N) is 1. The molecule has 22 heavy (non-hydrogen) atoms. The summed E-state index contributed by atoms with van der Waals surface area (Å²) in [6, 6.07) is 6.31. The van der Waals surface area contributed by atoms with E-state index in [-0.39, 0.29) is 29.8 Å². The van der Waals surface area contributed by atoms with Crippen LogP contribution in [-0.2, 0) is 12.8 Å². The highest BCUT2D eigenvalue weighted by molar-refractivity contribution is 6.28. The van der Waals surface area contributed by atoms with Crippen LogP contribution in [0.1, 0.15) is 11.3 Å². The molecule has 0 saturated carbocycles. The lowest BCUT2D eigenvalue weighted by Crippen LogP contribution is -2.12. The summed E-state index contributed by atoms with van der Waals surface area (Å²) in [5.41, 5.74) is 4.60. The third-order valence-corrected chi connectivity index (χ3v) is 2.91. The predicted octanol–water partition coefficient (Wildman–Crippen LogP) is 4.10. The van der Waals surface area contributed by atoms with Crippen LogP contribution in [-0.4, -0.2) is 11.7 Å². The van der Waals surface area contributed by atoms with Crippen LogP contribution in [0.5, 0.6) is 5.75 Å². The van der Waals surface area contributed by atoms with Gasteiger partial charge in [-0.15, -0.1) is 11.6 Å². The standard InChI is InChI=1S/C14H12ClF3N2O2/c15-7-13(19)20-11-6-9(14(16,17)18)3-4-12(11)22-8-10-2-1-5-21-10/h1-6H,7-8H2,(H2,19,20). The molecule has 4 nitrogen and oxygen atoms in total. The molecule has 0 aliphatic rings. The molecule has 0 atom stereocenters. The normalized spacial score (nSPS) is 12.5. The Kier molecular flexibility index (Phi) is 4.97. The van der Waals surface area contributed by atoms with Gasteiger partial charge >= 0.3 is 6.18 Å². The van der Waals surface area contributed by atoms with Crippen molar-refractivity contribution in [3.63, 3.8) is 0 Å². The van der Waals surface area contributed by atoms with E-state index in [2.05, 4.69) is 4.99 Å². The number of hydrogen-bond donors (Lipinski definition) is 1. The first kappa shape index (κ1) is 16.2. The first-order valence-electron chi connectivity index (χ1n) is 6.15. The summed E-state index contributed by atoms with van der Waals surface area (Å²) in [4.78, 5) is 3.86. The van der Waals surface area contributed by atoms with Gasteiger partial charge in [0, 0.05) is 0 Å². The number of halogens is 4. The van der Waals surface area contributed by atoms with Crippen LogP contribution in [0.2, 0.25) is 0 Å². The summed E-state index contributed by atoms with van der Waals surface area (Å²) in [5.74, 6) is 0.565. The fourth-order valence-corrected chi connectivity index (χ4v) is 1.69. The average molecular weight is 333 g/mol. The Labute approximate surface area is 129 Å². The Balaban J connectivity index is 2.31. The highest BCUT2D eigenvalue weighted by Crippen LogP contribution is 2.36. The van der Waals surface area contributed by atoms with Crippen molar-refractivity contribution in [2.24, 2.45) is 10.7 Å². The van der Waals surface area contributed by atoms with E-state index in [0.29, 0.717) is 5.76 Å². The number of ether oxygens (including phenoxy) is 1. The zero-order chi connectivity index (χ0) is 16.2. The minimum absolute atomic E-state index is 0.0103. The van der Waals surface area contributed by atoms with E-state index in [1.165, 1.54) is 12.3 Å². The van der Waals surface area contributed by atoms with Gasteiger partial charge in [-0.1, -0.05) is 0 Å². The Morgan fingerprint density at radius 3 is 2.68 bits per heavy atom. The molecule has 1 heterocycles. The number of aliphatic imine (C=N–C) groups is 1. The number of furan rings is 1. The lowest BCUT2D eigenvalue weighted by molar-refractivity contribution is -0.137. The second kappa shape index (κ2) is 6.74. The second-order valence-corrected chi connectivity index (χ2v) is 4.55. The molecule has 0 bridgehead atoms. The molecule has 0 amide bonds. The van der Waals surface area contributed by atoms with Crippen LogP contribution in [0.4, 0.5) is 18.9 Å². The zero-order valence-corrected chi connectivity index (χ0v) is 12.0. The molecule has 0 saturated heterocycles. The maximum atomic E-state index is 12.8. The topological polar surface area (TPSA) is 60.8 Å². The van der Waals surface area contributed by atoms with Gasteiger partial charge in [-0.2, -0.15) is 13.2 Å². The summed E-state index contributed by atoms with van der Waals surface area (Å²) in [6.07, 6.45) is -3.02. The maximum Gasteiger partial charge on any atom is 0.416 e. The van der Waals surface area contributed by atoms with Crippen molar-refractivity contribution in [3.8, 4) is 5.75 Å². The summed E-state index contributed by atoms with van der Waals surface area (Å²) < 4.78 is 48.8. The molecule has 2 N–H and O–H groups in total. The molecular weight excluding hydrogens is 321 g/mol. The molecule has 0 radical (unpaired) electrons. The van der Waals surface area contributed by atoms with E-state index in [0.717, 1.165) is 12.1 Å². The average Bonchev–Trinajstić information content (AvgIpc) is 2.98. The van der Waals surface area contributed by atoms with Crippen molar-refractivity contribution in [1.29, 1.82) is 0 Å². The van der Waals surface area contributed by atoms with Crippen LogP contribution in [0, 0.1) is 0 Å². The van der Waals surface area contributed by atoms with E-state index in [1.807, 2.05) is 0 Å². The van der Waals surface area contributed by atoms with Crippen LogP contribution < -0.4 is 10.5 Å². The SMILES string of the molecule is NC(CCl)=Nc1cc(C(F)(F)F)ccc1OCc1ccco1. The van der Waals surface area contributed by atoms with Gasteiger partial charge in [0.25, 0.3) is 0 Å². The highest BCUT2D eigenvalue weighted by atomic mass is 35.5. The van der Waals surface area contributed by atoms with Gasteiger partial charge in [-0.25, -0.2) is 4.99 Å². The molecule has 118 valence electrons. The molecular formula is C14H12ClF3N2O2. The quantitative estimate of drug-likeness (QED) is 0.509. The molecule has 1 aromatic heterocycles. The summed E-state index contributed by atoms with van der Waals surface area (Å²) in [5, 5.41) is 0. The Morgan fingerprint density at radius 1 is 1.32 bits per heavy atom. The molecule has 0 aliphatic heterocycles. The Bertz CT molecular complexity index is 655. The molecule has 1 aromatic carbocycles. The molecule has 8 heteroatoms. The van der Waals surface area contributed by atoms with Gasteiger partial charge in [0.05, 0.1) is 17.7 Å². The number of alkyl halides is 4. The molecule has 2 aromatic rings. The van der Waals surface area contributed by atoms with Crippen LogP contribution in [0.25, 0.3) is 0 Å². The first-order chi connectivity index (χ1) is 10.4. The minimum atomic E-state index is -4.49. The van der Waals surface area contributed by atoms with Crippen molar-refractivity contribution in [1.82, 2.24) is 0 Å². The number of benzene rings is 1. The molecule has 0 fully saturated rings. The van der Waals surface area contributed by atoms with E-state index in [1.54, 1.807) is 12.1 Å². The summed E-state index contributed by atoms with van der Waals surface area (Å²) >= 11 is 5.51. The van der Waals surface area contributed by atoms with E-state index >= 15 is 0 Å². The van der Waals surface area contributed by atoms with Crippen LogP contribution in [0.15, 0.2) is 46.0 Å². The Hall–Kier alpha value is -2.15. The molecule has 0 unspecified atom stereocenters. The lowest BCUT2D eigenvalue weighted by Gasteiger charge is -2.12. The van der Waals surface area contributed by atoms with E-state index in [4.69, 9.17) is 26.5 Å². The van der Waals surface area contributed by atoms with Gasteiger partial charge in [0.1, 0.15) is 29.6 Å². The fraction of sp³-hybridized carbons (Fsp3) is 0.214. The number of hydrogen-bond acceptors (Lipinski definition) is 3. The van der Waals surface area contributed by atoms with Crippen molar-refractivity contribution >= 4 is 23.1 Å². The minimum Gasteiger partial charge on any atom is -0.483 e. The smallest absolute Gasteiger partial charge is 0.416 e. The van der Waals surface area contributed by atoms with Gasteiger partial charge in [-0.05, 0) is 30.3 Å². The third kappa shape index (κ3) is 4.17. The van der Waals surface area contributed by atoms with Crippen molar-refractivity contribution in [3.05, 3.63) is 47.9 Å². The number of amidine groups is 1. The molecule has 0 spiro atoms. The first-order valence-corrected chi connectivity index (χ1v) is 6.69. The van der Waals surface area contributed by atoms with E-state index < -0.39 is 11.7 Å². The third-order valence-electron chi connectivity index (χ3n) is 2.64. The zero-order valence-electron chi connectivity index (χ0n) is 11.2. The summed E-state index contributed by atoms with van der Waals surface area (Å²) in [6.45, 7) is 0.0572. The van der Waals surface area contributed by atoms with Gasteiger partial charge in [0.2, 0.25) is 0 Å². The van der Waals surface area contributed by atoms with Crippen molar-refractivity contribution < 1.29 is 22.3 Å². The lowest BCUT2D eigenvalue weighted by atomic mass is 10.2. The number of rotatable bonds is 5. The van der Waals surface area contributed by atoms with Crippen LogP contribution in [0.3, 0.4) is 0 Å². The Morgan fingerprint density at radius 2 is 2.09 bits per heavy atom. The molecule has 0 aliphatic carbocycles. The second-order valence-electron chi connectivity index (χ2n) is 4.29. The maximum absolute atomic E-state index is 12.8. The fourth-order valence-electron chi connectivity index (χ4n) is 1.63. The van der Waals surface area contributed by atoms with Gasteiger partial charge in [-0.3, -0.25) is 0 Å². The summed E-state index contributed by atoms with van der Waals surface area (Å²) in [7, 11) is 0. The largest absolute Gasteiger partial charge is 0.483 e. The monoisotopic (exact) mass is 332 g/mol. The van der Waals surface area contributed by atoms with Crippen molar-refractivity contribution in [2.45, 2.75) is 12.8 Å². The molecule has 2 rings (SSSR count). The van der Waals surface area contributed by atoms with Crippen LogP contribution >= 0.6 is 11.6 Å². The van der Waals surface area contributed by atoms with E-state index in [9.17, 15) is 13.2 Å². The van der Waals surface area contributed by atoms with Gasteiger partial charge in [0.15, 0.2) is 0 Å².